The summed E-state index contributed by atoms with van der Waals surface area (Å²) in [6.07, 6.45) is -0.691. The number of furan rings is 1. The van der Waals surface area contributed by atoms with Crippen molar-refractivity contribution in [2.75, 3.05) is 20.0 Å². The molecule has 0 radical (unpaired) electrons. The van der Waals surface area contributed by atoms with Crippen LogP contribution in [0.25, 0.3) is 0 Å². The van der Waals surface area contributed by atoms with Crippen molar-refractivity contribution >= 4 is 41.2 Å². The summed E-state index contributed by atoms with van der Waals surface area (Å²) >= 11 is 1.26. The van der Waals surface area contributed by atoms with Crippen molar-refractivity contribution in [2.24, 2.45) is 5.16 Å². The maximum atomic E-state index is 14.1. The van der Waals surface area contributed by atoms with E-state index in [4.69, 9.17) is 23.5 Å². The van der Waals surface area contributed by atoms with Crippen LogP contribution >= 0.6 is 11.8 Å². The van der Waals surface area contributed by atoms with Crippen molar-refractivity contribution in [3.63, 3.8) is 0 Å². The number of methoxy groups -OCH3 is 1. The Morgan fingerprint density at radius 1 is 0.977 bits per heavy atom. The van der Waals surface area contributed by atoms with Crippen LogP contribution in [0, 0.1) is 0 Å². The zero-order valence-electron chi connectivity index (χ0n) is 24.0. The van der Waals surface area contributed by atoms with E-state index >= 15 is 0 Å². The predicted octanol–water partition coefficient (Wildman–Crippen LogP) is 3.15. The van der Waals surface area contributed by atoms with Gasteiger partial charge in [-0.3, -0.25) is 19.3 Å². The molecule has 1 saturated heterocycles. The third-order valence-corrected chi connectivity index (χ3v) is 8.13. The Morgan fingerprint density at radius 3 is 2.18 bits per heavy atom. The number of hydrogen-bond acceptors (Lipinski definition) is 11. The first-order valence-electron chi connectivity index (χ1n) is 13.5. The number of fused-ring (bicyclic) bond motifs is 1. The lowest BCUT2D eigenvalue weighted by Gasteiger charge is -2.50. The summed E-state index contributed by atoms with van der Waals surface area (Å²) in [5, 5.41) is 5.73. The molecule has 1 unspecified atom stereocenters. The highest BCUT2D eigenvalue weighted by Crippen LogP contribution is 2.43. The number of oxime groups is 1. The topological polar surface area (TPSA) is 146 Å². The van der Waals surface area contributed by atoms with E-state index < -0.39 is 47.6 Å². The number of carbonyl (C=O) groups excluding carboxylic acids is 4. The van der Waals surface area contributed by atoms with E-state index in [-0.39, 0.29) is 28.5 Å². The molecule has 2 aliphatic heterocycles. The Morgan fingerprint density at radius 2 is 1.64 bits per heavy atom. The highest BCUT2D eigenvalue weighted by molar-refractivity contribution is 8.00. The van der Waals surface area contributed by atoms with E-state index in [1.165, 1.54) is 50.1 Å². The molecule has 3 heterocycles. The maximum absolute atomic E-state index is 14.1. The van der Waals surface area contributed by atoms with E-state index in [9.17, 15) is 19.2 Å². The van der Waals surface area contributed by atoms with Crippen LogP contribution in [0.15, 0.2) is 99.9 Å². The van der Waals surface area contributed by atoms with Gasteiger partial charge in [0.2, 0.25) is 12.0 Å². The van der Waals surface area contributed by atoms with Gasteiger partial charge in [-0.2, -0.15) is 0 Å². The summed E-state index contributed by atoms with van der Waals surface area (Å²) in [5.74, 6) is -2.47. The number of rotatable bonds is 11. The van der Waals surface area contributed by atoms with Crippen LogP contribution < -0.4 is 5.32 Å². The summed E-state index contributed by atoms with van der Waals surface area (Å²) < 4.78 is 22.1. The molecule has 0 bridgehead atoms. The molecule has 0 aliphatic carbocycles. The average Bonchev–Trinajstić information content (AvgIpc) is 3.58. The van der Waals surface area contributed by atoms with E-state index in [0.29, 0.717) is 11.1 Å². The van der Waals surface area contributed by atoms with Gasteiger partial charge in [0.1, 0.15) is 24.2 Å². The average molecular weight is 620 g/mol. The highest BCUT2D eigenvalue weighted by Gasteiger charge is 2.56. The van der Waals surface area contributed by atoms with Gasteiger partial charge in [-0.1, -0.05) is 65.8 Å². The Bertz CT molecular complexity index is 1540. The molecule has 12 nitrogen and oxygen atoms in total. The zero-order chi connectivity index (χ0) is 31.2. The second kappa shape index (κ2) is 13.6. The molecule has 0 spiro atoms. The number of benzene rings is 2. The standard InChI is InChI=1S/C31H29N3O9S/c1-18(35)42-31(39-2)21-17-44-29-24(32-27(36)23(33-40-3)22-15-10-16-41-22)28(37)34(29)25(21)30(38)43-26(19-11-6-4-7-12-19)20-13-8-5-9-14-20/h4-16,24,26,29,31H,17H2,1-3H3,(H,32,36)/t24-,29-,31?/m1/s1. The molecule has 228 valence electrons. The number of thioether (sulfide) groups is 1. The number of esters is 2. The van der Waals surface area contributed by atoms with E-state index in [2.05, 4.69) is 10.5 Å². The molecule has 44 heavy (non-hydrogen) atoms. The fraction of sp³-hybridized carbons (Fsp3) is 0.258. The first-order valence-corrected chi connectivity index (χ1v) is 14.5. The second-order valence-corrected chi connectivity index (χ2v) is 10.7. The smallest absolute Gasteiger partial charge is 0.356 e. The second-order valence-electron chi connectivity index (χ2n) is 9.62. The highest BCUT2D eigenvalue weighted by atomic mass is 32.2. The van der Waals surface area contributed by atoms with Crippen LogP contribution in [0.3, 0.4) is 0 Å². The van der Waals surface area contributed by atoms with Crippen LogP contribution in [-0.2, 0) is 38.2 Å². The van der Waals surface area contributed by atoms with Crippen molar-refractivity contribution in [1.29, 1.82) is 0 Å². The molecule has 2 aromatic carbocycles. The summed E-state index contributed by atoms with van der Waals surface area (Å²) in [7, 11) is 2.60. The zero-order valence-corrected chi connectivity index (χ0v) is 24.8. The Labute approximate surface area is 256 Å². The largest absolute Gasteiger partial charge is 0.462 e. The van der Waals surface area contributed by atoms with Crippen molar-refractivity contribution in [2.45, 2.75) is 30.7 Å². The van der Waals surface area contributed by atoms with Crippen LogP contribution in [0.2, 0.25) is 0 Å². The van der Waals surface area contributed by atoms with Gasteiger partial charge in [0.05, 0.1) is 6.26 Å². The van der Waals surface area contributed by atoms with Crippen molar-refractivity contribution in [1.82, 2.24) is 10.2 Å². The van der Waals surface area contributed by atoms with Gasteiger partial charge in [0, 0.05) is 25.4 Å². The summed E-state index contributed by atoms with van der Waals surface area (Å²) in [6, 6.07) is 20.4. The van der Waals surface area contributed by atoms with Gasteiger partial charge in [-0.05, 0) is 23.3 Å². The predicted molar refractivity (Wildman–Crippen MR) is 158 cm³/mol. The van der Waals surface area contributed by atoms with Gasteiger partial charge < -0.3 is 28.8 Å². The van der Waals surface area contributed by atoms with Gasteiger partial charge in [0.25, 0.3) is 11.8 Å². The maximum Gasteiger partial charge on any atom is 0.356 e. The third kappa shape index (κ3) is 6.24. The first-order chi connectivity index (χ1) is 21.3. The van der Waals surface area contributed by atoms with Crippen LogP contribution in [0.4, 0.5) is 0 Å². The number of β-lactam (4-membered cyclic amide) rings is 1. The lowest BCUT2D eigenvalue weighted by molar-refractivity contribution is -0.165. The Kier molecular flexibility index (Phi) is 9.46. The molecule has 0 saturated carbocycles. The lowest BCUT2D eigenvalue weighted by Crippen LogP contribution is -2.71. The van der Waals surface area contributed by atoms with Crippen LogP contribution in [0.1, 0.15) is 29.9 Å². The van der Waals surface area contributed by atoms with E-state index in [1.807, 2.05) is 60.7 Å². The van der Waals surface area contributed by atoms with E-state index in [0.717, 1.165) is 0 Å². The molecular weight excluding hydrogens is 590 g/mol. The third-order valence-electron chi connectivity index (χ3n) is 6.83. The quantitative estimate of drug-likeness (QED) is 0.112. The minimum absolute atomic E-state index is 0.119. The lowest BCUT2D eigenvalue weighted by atomic mass is 10.00. The molecule has 3 aromatic rings. The number of hydrogen-bond donors (Lipinski definition) is 1. The Hall–Kier alpha value is -4.88. The normalized spacial score (nSPS) is 18.7. The number of nitrogens with zero attached hydrogens (tertiary/aromatic N) is 2. The number of nitrogens with one attached hydrogen (secondary N) is 1. The molecule has 13 heteroatoms. The van der Waals surface area contributed by atoms with Crippen molar-refractivity contribution in [3.8, 4) is 0 Å². The molecule has 1 fully saturated rings. The van der Waals surface area contributed by atoms with Crippen molar-refractivity contribution < 1.29 is 42.6 Å². The number of amides is 2. The summed E-state index contributed by atoms with van der Waals surface area (Å²) in [6.45, 7) is 1.21. The monoisotopic (exact) mass is 619 g/mol. The molecular formula is C31H29N3O9S. The molecule has 2 aliphatic rings. The summed E-state index contributed by atoms with van der Waals surface area (Å²) in [4.78, 5) is 58.8. The molecule has 2 amide bonds. The minimum Gasteiger partial charge on any atom is -0.462 e. The van der Waals surface area contributed by atoms with Crippen LogP contribution in [-0.4, -0.2) is 72.0 Å². The molecule has 5 rings (SSSR count). The fourth-order valence-corrected chi connectivity index (χ4v) is 6.24. The summed E-state index contributed by atoms with van der Waals surface area (Å²) in [5.41, 5.74) is 1.38. The Balaban J connectivity index is 1.47. The molecule has 1 aromatic heterocycles. The molecule has 3 atom stereocenters. The van der Waals surface area contributed by atoms with Gasteiger partial charge in [0.15, 0.2) is 11.9 Å². The number of carbonyl (C=O) groups is 4. The van der Waals surface area contributed by atoms with Crippen molar-refractivity contribution in [3.05, 3.63) is 107 Å². The SMILES string of the molecule is CON=C(C(=O)N[C@@H]1C(=O)N2C(C(=O)OC(c3ccccc3)c3ccccc3)=C(C(OC)OC(C)=O)CS[C@H]12)c1ccco1. The minimum atomic E-state index is -1.25. The van der Waals surface area contributed by atoms with E-state index in [1.54, 1.807) is 6.07 Å². The first kappa shape index (κ1) is 30.6. The van der Waals surface area contributed by atoms with Gasteiger partial charge in [-0.15, -0.1) is 11.8 Å². The van der Waals surface area contributed by atoms with Gasteiger partial charge >= 0.3 is 11.9 Å². The number of ether oxygens (including phenoxy) is 3. The van der Waals surface area contributed by atoms with Crippen LogP contribution in [0.5, 0.6) is 0 Å². The molecule has 1 N–H and O–H groups in total. The fourth-order valence-electron chi connectivity index (χ4n) is 4.88. The van der Waals surface area contributed by atoms with Gasteiger partial charge in [-0.25, -0.2) is 4.79 Å².